The lowest BCUT2D eigenvalue weighted by Gasteiger charge is -2.45. The molecule has 0 radical (unpaired) electrons. The number of nitrogens with zero attached hydrogens (tertiary/aromatic N) is 5. The molecule has 4 heterocycles. The van der Waals surface area contributed by atoms with Gasteiger partial charge in [0.25, 0.3) is 0 Å². The number of carbonyl (C=O) groups excluding carboxylic acids is 1. The lowest BCUT2D eigenvalue weighted by atomic mass is 9.95. The Labute approximate surface area is 212 Å². The van der Waals surface area contributed by atoms with Gasteiger partial charge in [-0.1, -0.05) is 55.5 Å². The van der Waals surface area contributed by atoms with E-state index in [1.54, 1.807) is 10.7 Å². The van der Waals surface area contributed by atoms with Gasteiger partial charge in [-0.3, -0.25) is 0 Å². The zero-order valence-corrected chi connectivity index (χ0v) is 20.9. The lowest BCUT2D eigenvalue weighted by Crippen LogP contribution is -2.65. The first kappa shape index (κ1) is 24.2. The number of aromatic nitrogens is 4. The van der Waals surface area contributed by atoms with Crippen LogP contribution in [-0.2, 0) is 16.1 Å². The number of carbonyl (C=O) groups is 1. The Morgan fingerprint density at radius 1 is 1.22 bits per heavy atom. The van der Waals surface area contributed by atoms with E-state index in [1.807, 2.05) is 61.2 Å². The first-order chi connectivity index (χ1) is 17.3. The van der Waals surface area contributed by atoms with E-state index in [9.17, 15) is 9.90 Å². The molecular formula is C25H28N6O4S. The molecule has 0 spiro atoms. The normalized spacial score (nSPS) is 14.8. The van der Waals surface area contributed by atoms with Gasteiger partial charge in [0.15, 0.2) is 6.61 Å². The summed E-state index contributed by atoms with van der Waals surface area (Å²) in [6, 6.07) is 13.3. The smallest absolute Gasteiger partial charge is 0.344 e. The van der Waals surface area contributed by atoms with Crippen molar-refractivity contribution in [2.24, 2.45) is 5.73 Å². The van der Waals surface area contributed by atoms with Gasteiger partial charge in [-0.2, -0.15) is 0 Å². The Morgan fingerprint density at radius 3 is 2.72 bits per heavy atom. The van der Waals surface area contributed by atoms with Gasteiger partial charge < -0.3 is 25.2 Å². The third-order valence-corrected chi connectivity index (χ3v) is 7.00. The molecule has 1 saturated heterocycles. The Kier molecular flexibility index (Phi) is 6.61. The minimum atomic E-state index is -0.872. The summed E-state index contributed by atoms with van der Waals surface area (Å²) in [6.07, 6.45) is 1.71. The fourth-order valence-electron chi connectivity index (χ4n) is 3.91. The molecule has 0 bridgehead atoms. The van der Waals surface area contributed by atoms with Gasteiger partial charge >= 0.3 is 5.97 Å². The maximum absolute atomic E-state index is 12.4. The van der Waals surface area contributed by atoms with Crippen molar-refractivity contribution in [3.63, 3.8) is 0 Å². The summed E-state index contributed by atoms with van der Waals surface area (Å²) in [6.45, 7) is 5.05. The number of ether oxygens (including phenoxy) is 2. The highest BCUT2D eigenvalue weighted by molar-refractivity contribution is 7.20. The molecule has 1 aromatic carbocycles. The number of hydrogen-bond donors (Lipinski definition) is 2. The average molecular weight is 509 g/mol. The summed E-state index contributed by atoms with van der Waals surface area (Å²) in [4.78, 5) is 24.2. The summed E-state index contributed by atoms with van der Waals surface area (Å²) in [7, 11) is 0. The molecule has 0 unspecified atom stereocenters. The number of nitrogens with two attached hydrogens (primary N) is 1. The molecule has 3 aromatic heterocycles. The second-order valence-corrected chi connectivity index (χ2v) is 10.1. The second kappa shape index (κ2) is 9.84. The van der Waals surface area contributed by atoms with E-state index in [0.717, 1.165) is 16.4 Å². The Balaban J connectivity index is 1.36. The number of hydrogen-bond acceptors (Lipinski definition) is 10. The largest absolute Gasteiger partial charge is 0.465 e. The number of aliphatic hydroxyl groups is 1. The SMILES string of the molecule is CC(C)c1ccc(-c2cnc3sc(N4CC(O)(CN)C4)nn23)c(OCC(=O)OCc2ccccc2)n1. The predicted molar refractivity (Wildman–Crippen MR) is 136 cm³/mol. The van der Waals surface area contributed by atoms with Crippen LogP contribution in [0.4, 0.5) is 5.13 Å². The molecule has 1 aliphatic heterocycles. The van der Waals surface area contributed by atoms with Crippen molar-refractivity contribution in [1.29, 1.82) is 0 Å². The first-order valence-corrected chi connectivity index (χ1v) is 12.5. The molecule has 5 rings (SSSR count). The number of fused-ring (bicyclic) bond motifs is 1. The zero-order chi connectivity index (χ0) is 25.3. The van der Waals surface area contributed by atoms with Crippen molar-refractivity contribution < 1.29 is 19.4 Å². The highest BCUT2D eigenvalue weighted by Gasteiger charge is 2.41. The van der Waals surface area contributed by atoms with E-state index in [0.29, 0.717) is 35.2 Å². The van der Waals surface area contributed by atoms with Gasteiger partial charge in [-0.25, -0.2) is 19.3 Å². The van der Waals surface area contributed by atoms with Crippen LogP contribution in [0.25, 0.3) is 16.2 Å². The van der Waals surface area contributed by atoms with Gasteiger partial charge in [-0.05, 0) is 23.6 Å². The quantitative estimate of drug-likeness (QED) is 0.328. The maximum Gasteiger partial charge on any atom is 0.344 e. The summed E-state index contributed by atoms with van der Waals surface area (Å²) < 4.78 is 12.9. The van der Waals surface area contributed by atoms with E-state index >= 15 is 0 Å². The second-order valence-electron chi connectivity index (χ2n) is 9.19. The first-order valence-electron chi connectivity index (χ1n) is 11.7. The molecule has 10 nitrogen and oxygen atoms in total. The topological polar surface area (TPSA) is 128 Å². The summed E-state index contributed by atoms with van der Waals surface area (Å²) in [5.74, 6) is 0.00671. The van der Waals surface area contributed by atoms with Crippen LogP contribution in [0.5, 0.6) is 5.88 Å². The van der Waals surface area contributed by atoms with Gasteiger partial charge in [0.2, 0.25) is 16.0 Å². The standard InChI is InChI=1S/C25H28N6O4S/c1-16(2)19-9-8-18(22(28-19)35-12-21(32)34-11-17-6-4-3-5-7-17)20-10-27-23-31(20)29-24(36-23)30-14-25(33,13-26)15-30/h3-10,16,33H,11-15,26H2,1-2H3. The highest BCUT2D eigenvalue weighted by atomic mass is 32.1. The summed E-state index contributed by atoms with van der Waals surface area (Å²) in [5, 5.41) is 15.7. The van der Waals surface area contributed by atoms with Gasteiger partial charge in [0.1, 0.15) is 12.2 Å². The number of pyridine rings is 1. The lowest BCUT2D eigenvalue weighted by molar-refractivity contribution is -0.147. The predicted octanol–water partition coefficient (Wildman–Crippen LogP) is 2.61. The molecule has 188 valence electrons. The molecule has 3 N–H and O–H groups in total. The van der Waals surface area contributed by atoms with Gasteiger partial charge in [0.05, 0.1) is 30.5 Å². The van der Waals surface area contributed by atoms with Crippen LogP contribution in [0.3, 0.4) is 0 Å². The number of β-amino-alcohol motifs (C(OH)–C–C–N with tert-alkyl or cyclic N) is 1. The van der Waals surface area contributed by atoms with E-state index in [1.165, 1.54) is 11.3 Å². The number of imidazole rings is 1. The molecule has 0 aliphatic carbocycles. The van der Waals surface area contributed by atoms with Crippen LogP contribution in [0.2, 0.25) is 0 Å². The monoisotopic (exact) mass is 508 g/mol. The molecule has 4 aromatic rings. The molecule has 36 heavy (non-hydrogen) atoms. The van der Waals surface area contributed by atoms with Crippen LogP contribution < -0.4 is 15.4 Å². The van der Waals surface area contributed by atoms with Crippen LogP contribution in [0.1, 0.15) is 31.0 Å². The molecule has 11 heteroatoms. The summed E-state index contributed by atoms with van der Waals surface area (Å²) in [5.41, 5.74) is 7.88. The molecule has 0 saturated carbocycles. The van der Waals surface area contributed by atoms with Crippen LogP contribution in [0, 0.1) is 0 Å². The van der Waals surface area contributed by atoms with Crippen LogP contribution in [-0.4, -0.2) is 62.5 Å². The fraction of sp³-hybridized carbons (Fsp3) is 0.360. The van der Waals surface area contributed by atoms with Crippen molar-refractivity contribution in [2.45, 2.75) is 32.0 Å². The van der Waals surface area contributed by atoms with Crippen molar-refractivity contribution in [3.8, 4) is 17.1 Å². The number of rotatable bonds is 9. The molecular weight excluding hydrogens is 480 g/mol. The van der Waals surface area contributed by atoms with Crippen molar-refractivity contribution >= 4 is 27.4 Å². The maximum atomic E-state index is 12.4. The minimum absolute atomic E-state index is 0.176. The van der Waals surface area contributed by atoms with Crippen molar-refractivity contribution in [2.75, 3.05) is 31.1 Å². The highest BCUT2D eigenvalue weighted by Crippen LogP contribution is 2.35. The number of esters is 1. The average Bonchev–Trinajstić information content (AvgIpc) is 3.45. The number of benzene rings is 1. The third kappa shape index (κ3) is 4.90. The van der Waals surface area contributed by atoms with Crippen LogP contribution >= 0.6 is 11.3 Å². The van der Waals surface area contributed by atoms with Gasteiger partial charge in [-0.15, -0.1) is 5.10 Å². The Bertz CT molecular complexity index is 1360. The molecule has 0 atom stereocenters. The zero-order valence-electron chi connectivity index (χ0n) is 20.1. The van der Waals surface area contributed by atoms with Crippen molar-refractivity contribution in [1.82, 2.24) is 19.6 Å². The van der Waals surface area contributed by atoms with E-state index in [4.69, 9.17) is 20.3 Å². The Morgan fingerprint density at radius 2 is 2.00 bits per heavy atom. The Hall–Kier alpha value is -3.54. The molecule has 1 aliphatic rings. The third-order valence-electron chi connectivity index (χ3n) is 6.01. The molecule has 1 fully saturated rings. The van der Waals surface area contributed by atoms with Crippen molar-refractivity contribution in [3.05, 3.63) is 59.9 Å². The van der Waals surface area contributed by atoms with Crippen LogP contribution in [0.15, 0.2) is 48.7 Å². The number of anilines is 1. The van der Waals surface area contributed by atoms with Gasteiger partial charge in [0, 0.05) is 12.2 Å². The van der Waals surface area contributed by atoms with E-state index in [-0.39, 0.29) is 25.7 Å². The minimum Gasteiger partial charge on any atom is -0.465 e. The molecule has 0 amide bonds. The summed E-state index contributed by atoms with van der Waals surface area (Å²) >= 11 is 1.42. The fourth-order valence-corrected chi connectivity index (χ4v) is 4.79. The van der Waals surface area contributed by atoms with E-state index in [2.05, 4.69) is 9.97 Å². The van der Waals surface area contributed by atoms with E-state index < -0.39 is 11.6 Å².